The Labute approximate surface area is 163 Å². The van der Waals surface area contributed by atoms with Gasteiger partial charge in [-0.25, -0.2) is 0 Å². The van der Waals surface area contributed by atoms with Gasteiger partial charge in [-0.15, -0.1) is 0 Å². The number of piperidine rings is 1. The van der Waals surface area contributed by atoms with Gasteiger partial charge in [0, 0.05) is 36.9 Å². The normalized spacial score (nSPS) is 14.1. The first-order valence-corrected chi connectivity index (χ1v) is 9.07. The number of nitrogens with two attached hydrogens (primary N) is 2. The Hall–Kier alpha value is -2.89. The third-order valence-electron chi connectivity index (χ3n) is 3.76. The fourth-order valence-corrected chi connectivity index (χ4v) is 2.48. The van der Waals surface area contributed by atoms with Crippen molar-refractivity contribution in [2.75, 3.05) is 18.8 Å². The number of benzene rings is 1. The SMILES string of the molecule is C/C=C\C(C(=O)N1CCCCC1)=C(/C)N.Cc1cccc(N)c1.N=CC=N. The maximum absolute atomic E-state index is 12.1. The fraction of sp³-hybridized carbons (Fsp3) is 0.381. The first-order valence-electron chi connectivity index (χ1n) is 9.07. The van der Waals surface area contributed by atoms with Crippen molar-refractivity contribution in [3.63, 3.8) is 0 Å². The molecule has 0 radical (unpaired) electrons. The van der Waals surface area contributed by atoms with Crippen molar-refractivity contribution in [1.82, 2.24) is 4.90 Å². The molecule has 0 unspecified atom stereocenters. The molecular formula is C21H33N5O. The molecule has 1 aromatic rings. The number of likely N-dealkylation sites (tertiary alicyclic amines) is 1. The highest BCUT2D eigenvalue weighted by Gasteiger charge is 2.19. The van der Waals surface area contributed by atoms with Gasteiger partial charge in [0.15, 0.2) is 0 Å². The molecule has 1 aromatic carbocycles. The van der Waals surface area contributed by atoms with Crippen molar-refractivity contribution in [2.45, 2.75) is 40.0 Å². The summed E-state index contributed by atoms with van der Waals surface area (Å²) in [4.78, 5) is 14.0. The molecule has 6 heteroatoms. The molecule has 1 heterocycles. The molecule has 0 bridgehead atoms. The lowest BCUT2D eigenvalue weighted by atomic mass is 10.1. The number of nitrogens with one attached hydrogen (secondary N) is 2. The van der Waals surface area contributed by atoms with Crippen molar-refractivity contribution in [3.05, 3.63) is 53.3 Å². The van der Waals surface area contributed by atoms with E-state index in [2.05, 4.69) is 0 Å². The van der Waals surface area contributed by atoms with Gasteiger partial charge in [-0.3, -0.25) is 4.79 Å². The van der Waals surface area contributed by atoms with Gasteiger partial charge in [0.1, 0.15) is 0 Å². The molecule has 27 heavy (non-hydrogen) atoms. The average molecular weight is 372 g/mol. The molecule has 1 aliphatic heterocycles. The van der Waals surface area contributed by atoms with Gasteiger partial charge in [-0.05, 0) is 57.7 Å². The molecule has 6 N–H and O–H groups in total. The Morgan fingerprint density at radius 3 is 2.11 bits per heavy atom. The maximum atomic E-state index is 12.1. The van der Waals surface area contributed by atoms with Crippen LogP contribution in [0.2, 0.25) is 0 Å². The van der Waals surface area contributed by atoms with Crippen LogP contribution in [-0.4, -0.2) is 36.3 Å². The largest absolute Gasteiger partial charge is 0.402 e. The number of hydrogen-bond donors (Lipinski definition) is 4. The van der Waals surface area contributed by atoms with Crippen LogP contribution < -0.4 is 11.5 Å². The topological polar surface area (TPSA) is 120 Å². The second-order valence-corrected chi connectivity index (χ2v) is 6.20. The molecular weight excluding hydrogens is 338 g/mol. The van der Waals surface area contributed by atoms with Crippen molar-refractivity contribution >= 4 is 24.0 Å². The summed E-state index contributed by atoms with van der Waals surface area (Å²) in [5.41, 5.74) is 14.5. The van der Waals surface area contributed by atoms with E-state index in [1.54, 1.807) is 13.0 Å². The predicted molar refractivity (Wildman–Crippen MR) is 115 cm³/mol. The van der Waals surface area contributed by atoms with E-state index >= 15 is 0 Å². The van der Waals surface area contributed by atoms with Gasteiger partial charge in [0.05, 0.1) is 5.57 Å². The first-order chi connectivity index (χ1) is 12.9. The number of carbonyl (C=O) groups excluding carboxylic acids is 1. The average Bonchev–Trinajstić information content (AvgIpc) is 2.66. The molecule has 148 valence electrons. The molecule has 1 saturated heterocycles. The standard InChI is InChI=1S/C12H20N2O.C7H9N.C2H4N2/c1-3-7-11(10(2)13)12(15)14-8-5-4-6-9-14;1-6-3-2-4-7(8)5-6;3-1-2-4/h3,7H,4-6,8-9,13H2,1-2H3;2-5H,8H2,1H3;1-4H/b7-3-,11-10-;;. The number of aryl methyl sites for hydroxylation is 1. The maximum Gasteiger partial charge on any atom is 0.255 e. The molecule has 2 rings (SSSR count). The monoisotopic (exact) mass is 371 g/mol. The Morgan fingerprint density at radius 1 is 1.15 bits per heavy atom. The van der Waals surface area contributed by atoms with Gasteiger partial charge in [-0.1, -0.05) is 24.3 Å². The predicted octanol–water partition coefficient (Wildman–Crippen LogP) is 3.67. The Bertz CT molecular complexity index is 631. The Kier molecular flexibility index (Phi) is 12.8. The molecule has 1 amide bonds. The highest BCUT2D eigenvalue weighted by Crippen LogP contribution is 2.14. The number of amides is 1. The summed E-state index contributed by atoms with van der Waals surface area (Å²) in [6, 6.07) is 7.80. The van der Waals surface area contributed by atoms with E-state index in [1.165, 1.54) is 12.0 Å². The molecule has 0 aliphatic carbocycles. The summed E-state index contributed by atoms with van der Waals surface area (Å²) >= 11 is 0. The van der Waals surface area contributed by atoms with Gasteiger partial charge in [-0.2, -0.15) is 0 Å². The summed E-state index contributed by atoms with van der Waals surface area (Å²) in [6.07, 6.45) is 8.94. The Morgan fingerprint density at radius 2 is 1.74 bits per heavy atom. The number of hydrogen-bond acceptors (Lipinski definition) is 5. The van der Waals surface area contributed by atoms with Crippen molar-refractivity contribution in [2.24, 2.45) is 5.73 Å². The third-order valence-corrected chi connectivity index (χ3v) is 3.76. The van der Waals surface area contributed by atoms with E-state index in [9.17, 15) is 4.79 Å². The third kappa shape index (κ3) is 10.6. The molecule has 0 saturated carbocycles. The summed E-state index contributed by atoms with van der Waals surface area (Å²) < 4.78 is 0. The van der Waals surface area contributed by atoms with Gasteiger partial charge >= 0.3 is 0 Å². The number of nitrogen functional groups attached to an aromatic ring is 1. The zero-order valence-corrected chi connectivity index (χ0v) is 16.7. The van der Waals surface area contributed by atoms with Crippen LogP contribution in [0, 0.1) is 17.7 Å². The van der Waals surface area contributed by atoms with Crippen LogP contribution in [0.25, 0.3) is 0 Å². The second kappa shape index (κ2) is 14.3. The van der Waals surface area contributed by atoms with Crippen LogP contribution in [0.5, 0.6) is 0 Å². The molecule has 0 atom stereocenters. The van der Waals surface area contributed by atoms with Crippen LogP contribution in [-0.2, 0) is 4.79 Å². The van der Waals surface area contributed by atoms with E-state index < -0.39 is 0 Å². The molecule has 0 aromatic heterocycles. The van der Waals surface area contributed by atoms with Crippen molar-refractivity contribution < 1.29 is 4.79 Å². The van der Waals surface area contributed by atoms with Crippen molar-refractivity contribution in [3.8, 4) is 0 Å². The lowest BCUT2D eigenvalue weighted by Crippen LogP contribution is -2.36. The second-order valence-electron chi connectivity index (χ2n) is 6.20. The zero-order valence-electron chi connectivity index (χ0n) is 16.7. The number of nitrogens with zero attached hydrogens (tertiary/aromatic N) is 1. The van der Waals surface area contributed by atoms with Crippen LogP contribution in [0.4, 0.5) is 5.69 Å². The minimum absolute atomic E-state index is 0.0767. The minimum atomic E-state index is 0.0767. The van der Waals surface area contributed by atoms with E-state index in [1.807, 2.05) is 49.1 Å². The lowest BCUT2D eigenvalue weighted by molar-refractivity contribution is -0.127. The minimum Gasteiger partial charge on any atom is -0.402 e. The van der Waals surface area contributed by atoms with E-state index in [0.717, 1.165) is 44.0 Å². The smallest absolute Gasteiger partial charge is 0.255 e. The van der Waals surface area contributed by atoms with Gasteiger partial charge in [0.25, 0.3) is 5.91 Å². The molecule has 6 nitrogen and oxygen atoms in total. The van der Waals surface area contributed by atoms with Crippen LogP contribution in [0.3, 0.4) is 0 Å². The Balaban J connectivity index is 0.000000468. The quantitative estimate of drug-likeness (QED) is 0.281. The van der Waals surface area contributed by atoms with E-state index in [4.69, 9.17) is 22.3 Å². The van der Waals surface area contributed by atoms with E-state index in [0.29, 0.717) is 11.3 Å². The lowest BCUT2D eigenvalue weighted by Gasteiger charge is -2.27. The number of rotatable bonds is 3. The fourth-order valence-electron chi connectivity index (χ4n) is 2.48. The number of anilines is 1. The van der Waals surface area contributed by atoms with Crippen LogP contribution in [0.15, 0.2) is 47.7 Å². The summed E-state index contributed by atoms with van der Waals surface area (Å²) in [5, 5.41) is 12.2. The first kappa shape index (κ1) is 24.1. The zero-order chi connectivity index (χ0) is 20.7. The van der Waals surface area contributed by atoms with Crippen LogP contribution >= 0.6 is 0 Å². The summed E-state index contributed by atoms with van der Waals surface area (Å²) in [5.74, 6) is 0.0767. The molecule has 1 aliphatic rings. The van der Waals surface area contributed by atoms with E-state index in [-0.39, 0.29) is 5.91 Å². The van der Waals surface area contributed by atoms with Gasteiger partial charge in [0.2, 0.25) is 0 Å². The molecule has 1 fully saturated rings. The summed E-state index contributed by atoms with van der Waals surface area (Å²) in [6.45, 7) is 7.43. The summed E-state index contributed by atoms with van der Waals surface area (Å²) in [7, 11) is 0. The van der Waals surface area contributed by atoms with Gasteiger partial charge < -0.3 is 27.2 Å². The highest BCUT2D eigenvalue weighted by atomic mass is 16.2. The van der Waals surface area contributed by atoms with Crippen molar-refractivity contribution in [1.29, 1.82) is 10.8 Å². The number of allylic oxidation sites excluding steroid dienone is 2. The highest BCUT2D eigenvalue weighted by molar-refractivity contribution is 6.12. The number of carbonyl (C=O) groups is 1. The van der Waals surface area contributed by atoms with Crippen LogP contribution in [0.1, 0.15) is 38.7 Å². The molecule has 0 spiro atoms.